The van der Waals surface area contributed by atoms with Crippen LogP contribution in [0.1, 0.15) is 17.6 Å². The molecule has 18 heavy (non-hydrogen) atoms. The fraction of sp³-hybridized carbons (Fsp3) is 0.333. The third kappa shape index (κ3) is 2.93. The molecule has 98 valence electrons. The molecular weight excluding hydrogens is 257 g/mol. The lowest BCUT2D eigenvalue weighted by molar-refractivity contribution is -0.390. The maximum atomic E-state index is 13.0. The van der Waals surface area contributed by atoms with E-state index in [1.54, 1.807) is 0 Å². The van der Waals surface area contributed by atoms with Gasteiger partial charge in [-0.15, -0.1) is 0 Å². The Hall–Kier alpha value is -2.19. The lowest BCUT2D eigenvalue weighted by Gasteiger charge is -2.04. The first-order chi connectivity index (χ1) is 8.36. The van der Waals surface area contributed by atoms with Gasteiger partial charge >= 0.3 is 17.7 Å². The van der Waals surface area contributed by atoms with E-state index >= 15 is 0 Å². The number of ether oxygens (including phenoxy) is 1. The van der Waals surface area contributed by atoms with Crippen molar-refractivity contribution in [3.05, 3.63) is 33.3 Å². The van der Waals surface area contributed by atoms with Crippen molar-refractivity contribution in [3.63, 3.8) is 0 Å². The predicted molar refractivity (Wildman–Crippen MR) is 51.5 cm³/mol. The molecule has 0 aliphatic rings. The Morgan fingerprint density at radius 1 is 1.61 bits per heavy atom. The Morgan fingerprint density at radius 3 is 2.67 bits per heavy atom. The van der Waals surface area contributed by atoms with Gasteiger partial charge in [-0.25, -0.2) is 8.78 Å². The van der Waals surface area contributed by atoms with Crippen molar-refractivity contribution in [1.82, 2.24) is 4.98 Å². The van der Waals surface area contributed by atoms with Gasteiger partial charge in [0.05, 0.1) is 24.7 Å². The van der Waals surface area contributed by atoms with Crippen LogP contribution in [0.5, 0.6) is 0 Å². The molecule has 0 aliphatic carbocycles. The zero-order chi connectivity index (χ0) is 13.9. The van der Waals surface area contributed by atoms with Crippen molar-refractivity contribution in [2.75, 3.05) is 7.11 Å². The van der Waals surface area contributed by atoms with Crippen molar-refractivity contribution in [1.29, 1.82) is 0 Å². The molecule has 0 unspecified atom stereocenters. The van der Waals surface area contributed by atoms with Crippen LogP contribution >= 0.6 is 0 Å². The highest BCUT2D eigenvalue weighted by Gasteiger charge is 2.27. The maximum Gasteiger partial charge on any atom is 0.370 e. The molecule has 0 fully saturated rings. The van der Waals surface area contributed by atoms with Crippen molar-refractivity contribution >= 4 is 11.8 Å². The van der Waals surface area contributed by atoms with Gasteiger partial charge in [0.25, 0.3) is 6.43 Å². The molecule has 1 heterocycles. The Bertz CT molecular complexity index is 493. The van der Waals surface area contributed by atoms with Crippen molar-refractivity contribution in [3.8, 4) is 0 Å². The van der Waals surface area contributed by atoms with Crippen LogP contribution < -0.4 is 0 Å². The number of hydrogen-bond acceptors (Lipinski definition) is 5. The lowest BCUT2D eigenvalue weighted by atomic mass is 10.1. The molecule has 0 N–H and O–H groups in total. The van der Waals surface area contributed by atoms with E-state index in [1.165, 1.54) is 0 Å². The van der Waals surface area contributed by atoms with E-state index in [2.05, 4.69) is 9.72 Å². The van der Waals surface area contributed by atoms with Crippen LogP contribution in [0.4, 0.5) is 19.0 Å². The summed E-state index contributed by atoms with van der Waals surface area (Å²) in [5.74, 6) is -3.50. The number of carbonyl (C=O) groups excluding carboxylic acids is 1. The normalized spacial score (nSPS) is 10.5. The number of halogens is 3. The number of pyridine rings is 1. The summed E-state index contributed by atoms with van der Waals surface area (Å²) >= 11 is 0. The van der Waals surface area contributed by atoms with Crippen molar-refractivity contribution < 1.29 is 27.6 Å². The van der Waals surface area contributed by atoms with Crippen LogP contribution in [0.15, 0.2) is 6.07 Å². The second kappa shape index (κ2) is 5.43. The Balaban J connectivity index is 3.30. The average molecular weight is 264 g/mol. The first-order valence-corrected chi connectivity index (χ1v) is 4.55. The summed E-state index contributed by atoms with van der Waals surface area (Å²) in [6, 6.07) is 0.544. The van der Waals surface area contributed by atoms with Gasteiger partial charge < -0.3 is 14.9 Å². The summed E-state index contributed by atoms with van der Waals surface area (Å²) in [6.45, 7) is 0. The van der Waals surface area contributed by atoms with E-state index in [1.807, 2.05) is 0 Å². The number of methoxy groups -OCH3 is 1. The Kier molecular flexibility index (Phi) is 4.18. The van der Waals surface area contributed by atoms with Gasteiger partial charge in [-0.1, -0.05) is 0 Å². The van der Waals surface area contributed by atoms with Gasteiger partial charge in [-0.05, 0) is 16.0 Å². The number of nitrogens with zero attached hydrogens (tertiary/aromatic N) is 2. The summed E-state index contributed by atoms with van der Waals surface area (Å²) in [5, 5.41) is 10.6. The number of carbonyl (C=O) groups is 1. The smallest absolute Gasteiger partial charge is 0.370 e. The SMILES string of the molecule is COC(=O)Cc1cc(C(F)F)c(F)nc1[N+](=O)[O-]. The Labute approximate surface area is 98.5 Å². The molecule has 1 rings (SSSR count). The molecule has 6 nitrogen and oxygen atoms in total. The summed E-state index contributed by atoms with van der Waals surface area (Å²) < 4.78 is 42.1. The molecular formula is C9H7F3N2O4. The number of alkyl halides is 2. The minimum Gasteiger partial charge on any atom is -0.469 e. The standard InChI is InChI=1S/C9H7F3N2O4/c1-18-6(15)3-4-2-5(7(10)11)8(12)13-9(4)14(16)17/h2,7H,3H2,1H3. The van der Waals surface area contributed by atoms with Crippen molar-refractivity contribution in [2.45, 2.75) is 12.8 Å². The van der Waals surface area contributed by atoms with E-state index < -0.39 is 46.6 Å². The first kappa shape index (κ1) is 13.9. The van der Waals surface area contributed by atoms with Gasteiger partial charge in [0.15, 0.2) is 0 Å². The largest absolute Gasteiger partial charge is 0.469 e. The van der Waals surface area contributed by atoms with Crippen LogP contribution in [0.25, 0.3) is 0 Å². The van der Waals surface area contributed by atoms with E-state index in [4.69, 9.17) is 0 Å². The highest BCUT2D eigenvalue weighted by Crippen LogP contribution is 2.26. The van der Waals surface area contributed by atoms with Gasteiger partial charge in [-0.3, -0.25) is 4.79 Å². The number of esters is 1. The molecule has 0 aliphatic heterocycles. The van der Waals surface area contributed by atoms with Crippen LogP contribution in [-0.4, -0.2) is 23.0 Å². The second-order valence-electron chi connectivity index (χ2n) is 3.16. The molecule has 0 saturated carbocycles. The van der Waals surface area contributed by atoms with Gasteiger partial charge in [0, 0.05) is 0 Å². The molecule has 0 aromatic carbocycles. The molecule has 0 saturated heterocycles. The zero-order valence-corrected chi connectivity index (χ0v) is 9.02. The lowest BCUT2D eigenvalue weighted by Crippen LogP contribution is -2.10. The molecule has 0 amide bonds. The summed E-state index contributed by atoms with van der Waals surface area (Å²) in [6.07, 6.45) is -3.82. The molecule has 0 spiro atoms. The van der Waals surface area contributed by atoms with Gasteiger partial charge in [0.2, 0.25) is 0 Å². The minimum atomic E-state index is -3.19. The fourth-order valence-corrected chi connectivity index (χ4v) is 1.21. The number of rotatable bonds is 4. The second-order valence-corrected chi connectivity index (χ2v) is 3.16. The number of nitro groups is 1. The molecule has 1 aromatic rings. The maximum absolute atomic E-state index is 13.0. The first-order valence-electron chi connectivity index (χ1n) is 4.55. The molecule has 0 radical (unpaired) electrons. The summed E-state index contributed by atoms with van der Waals surface area (Å²) in [5.41, 5.74) is -1.52. The third-order valence-corrected chi connectivity index (χ3v) is 2.03. The third-order valence-electron chi connectivity index (χ3n) is 2.03. The van der Waals surface area contributed by atoms with Gasteiger partial charge in [0.1, 0.15) is 0 Å². The van der Waals surface area contributed by atoms with Gasteiger partial charge in [-0.2, -0.15) is 4.39 Å². The highest BCUT2D eigenvalue weighted by atomic mass is 19.3. The van der Waals surface area contributed by atoms with E-state index in [-0.39, 0.29) is 0 Å². The van der Waals surface area contributed by atoms with Crippen LogP contribution in [0.3, 0.4) is 0 Å². The van der Waals surface area contributed by atoms with E-state index in [0.29, 0.717) is 6.07 Å². The van der Waals surface area contributed by atoms with E-state index in [9.17, 15) is 28.1 Å². The number of aromatic nitrogens is 1. The topological polar surface area (TPSA) is 82.3 Å². The monoisotopic (exact) mass is 264 g/mol. The highest BCUT2D eigenvalue weighted by molar-refractivity contribution is 5.73. The van der Waals surface area contributed by atoms with E-state index in [0.717, 1.165) is 7.11 Å². The molecule has 0 bridgehead atoms. The molecule has 9 heteroatoms. The molecule has 1 aromatic heterocycles. The minimum absolute atomic E-state index is 0.427. The predicted octanol–water partition coefficient (Wildman–Crippen LogP) is 1.78. The quantitative estimate of drug-likeness (QED) is 0.358. The van der Waals surface area contributed by atoms with Crippen LogP contribution in [-0.2, 0) is 16.0 Å². The van der Waals surface area contributed by atoms with Crippen LogP contribution in [0.2, 0.25) is 0 Å². The number of hydrogen-bond donors (Lipinski definition) is 0. The average Bonchev–Trinajstić information content (AvgIpc) is 2.29. The zero-order valence-electron chi connectivity index (χ0n) is 9.02. The van der Waals surface area contributed by atoms with Crippen molar-refractivity contribution in [2.24, 2.45) is 0 Å². The Morgan fingerprint density at radius 2 is 2.22 bits per heavy atom. The fourth-order valence-electron chi connectivity index (χ4n) is 1.21. The summed E-state index contributed by atoms with van der Waals surface area (Å²) in [7, 11) is 1.03. The molecule has 0 atom stereocenters. The van der Waals surface area contributed by atoms with Crippen LogP contribution in [0, 0.1) is 16.1 Å². The summed E-state index contributed by atoms with van der Waals surface area (Å²) in [4.78, 5) is 23.3.